The predicted octanol–water partition coefficient (Wildman–Crippen LogP) is 4.62. The highest BCUT2D eigenvalue weighted by Crippen LogP contribution is 2.44. The summed E-state index contributed by atoms with van der Waals surface area (Å²) in [6.07, 6.45) is 1.15. The van der Waals surface area contributed by atoms with Gasteiger partial charge in [0.25, 0.3) is 0 Å². The molecule has 0 saturated heterocycles. The number of allylic oxidation sites excluding steroid dienone is 1. The van der Waals surface area contributed by atoms with Gasteiger partial charge in [-0.3, -0.25) is 4.79 Å². The molecule has 0 fully saturated rings. The Morgan fingerprint density at radius 3 is 1.69 bits per heavy atom. The normalized spacial score (nSPS) is 13.0. The van der Waals surface area contributed by atoms with Gasteiger partial charge in [0.1, 0.15) is 5.78 Å². The van der Waals surface area contributed by atoms with Crippen molar-refractivity contribution in [3.8, 4) is 0 Å². The number of rotatable bonds is 4. The van der Waals surface area contributed by atoms with Crippen molar-refractivity contribution in [3.05, 3.63) is 12.2 Å². The van der Waals surface area contributed by atoms with Crippen molar-refractivity contribution in [2.24, 2.45) is 16.7 Å². The van der Waals surface area contributed by atoms with Crippen LogP contribution in [0.2, 0.25) is 0 Å². The Bertz CT molecular complexity index is 246. The largest absolute Gasteiger partial charge is 0.299 e. The van der Waals surface area contributed by atoms with Gasteiger partial charge in [0, 0.05) is 12.8 Å². The van der Waals surface area contributed by atoms with Crippen LogP contribution in [0, 0.1) is 16.7 Å². The average Bonchev–Trinajstić information content (AvgIpc) is 1.97. The standard InChI is InChI=1S/C15H28O/c1-9-12(16)10-11(2)13(14(3,4)5)15(6,7)8/h13H,2,9-10H2,1,3-8H3. The zero-order valence-corrected chi connectivity index (χ0v) is 12.1. The second-order valence-electron chi connectivity index (χ2n) is 6.89. The minimum Gasteiger partial charge on any atom is -0.299 e. The van der Waals surface area contributed by atoms with E-state index in [1.54, 1.807) is 0 Å². The van der Waals surface area contributed by atoms with Crippen LogP contribution in [-0.2, 0) is 4.79 Å². The third kappa shape index (κ3) is 4.51. The maximum atomic E-state index is 11.5. The van der Waals surface area contributed by atoms with E-state index in [1.807, 2.05) is 6.92 Å². The molecule has 94 valence electrons. The average molecular weight is 224 g/mol. The molecule has 0 amide bonds. The van der Waals surface area contributed by atoms with Crippen LogP contribution in [0.25, 0.3) is 0 Å². The first-order valence-corrected chi connectivity index (χ1v) is 6.19. The summed E-state index contributed by atoms with van der Waals surface area (Å²) in [4.78, 5) is 11.5. The summed E-state index contributed by atoms with van der Waals surface area (Å²) in [5.41, 5.74) is 1.40. The number of carbonyl (C=O) groups is 1. The molecule has 1 nitrogen and oxygen atoms in total. The number of hydrogen-bond acceptors (Lipinski definition) is 1. The number of hydrogen-bond donors (Lipinski definition) is 0. The molecule has 0 heterocycles. The van der Waals surface area contributed by atoms with Crippen molar-refractivity contribution in [1.29, 1.82) is 0 Å². The second-order valence-corrected chi connectivity index (χ2v) is 6.89. The Morgan fingerprint density at radius 1 is 1.06 bits per heavy atom. The SMILES string of the molecule is C=C(CC(=O)CC)C(C(C)(C)C)C(C)(C)C. The van der Waals surface area contributed by atoms with Crippen molar-refractivity contribution in [2.75, 3.05) is 0 Å². The predicted molar refractivity (Wildman–Crippen MR) is 71.5 cm³/mol. The van der Waals surface area contributed by atoms with Gasteiger partial charge < -0.3 is 0 Å². The van der Waals surface area contributed by atoms with Crippen molar-refractivity contribution < 1.29 is 4.79 Å². The van der Waals surface area contributed by atoms with E-state index < -0.39 is 0 Å². The Hall–Kier alpha value is -0.590. The fourth-order valence-electron chi connectivity index (χ4n) is 3.00. The summed E-state index contributed by atoms with van der Waals surface area (Å²) < 4.78 is 0. The van der Waals surface area contributed by atoms with Crippen molar-refractivity contribution >= 4 is 5.78 Å². The monoisotopic (exact) mass is 224 g/mol. The lowest BCUT2D eigenvalue weighted by molar-refractivity contribution is -0.118. The van der Waals surface area contributed by atoms with Crippen molar-refractivity contribution in [2.45, 2.75) is 61.3 Å². The molecule has 0 aromatic rings. The van der Waals surface area contributed by atoms with E-state index in [0.29, 0.717) is 24.5 Å². The molecule has 0 saturated carbocycles. The molecular formula is C15H28O. The molecule has 0 atom stereocenters. The summed E-state index contributed by atoms with van der Waals surface area (Å²) in [5, 5.41) is 0. The number of Topliss-reactive ketones (excluding diaryl/α,β-unsaturated/α-hetero) is 1. The molecular weight excluding hydrogens is 196 g/mol. The van der Waals surface area contributed by atoms with Crippen LogP contribution in [0.5, 0.6) is 0 Å². The molecule has 0 N–H and O–H groups in total. The lowest BCUT2D eigenvalue weighted by Crippen LogP contribution is -2.34. The Labute approximate surface area is 101 Å². The first-order valence-electron chi connectivity index (χ1n) is 6.19. The zero-order chi connectivity index (χ0) is 13.1. The fraction of sp³-hybridized carbons (Fsp3) is 0.800. The van der Waals surface area contributed by atoms with E-state index in [0.717, 1.165) is 5.57 Å². The molecule has 0 radical (unpaired) electrons. The lowest BCUT2D eigenvalue weighted by Gasteiger charge is -2.42. The summed E-state index contributed by atoms with van der Waals surface area (Å²) in [7, 11) is 0. The molecule has 0 spiro atoms. The molecule has 0 aromatic carbocycles. The molecule has 0 bridgehead atoms. The van der Waals surface area contributed by atoms with E-state index in [4.69, 9.17) is 0 Å². The molecule has 0 aliphatic rings. The van der Waals surface area contributed by atoms with Gasteiger partial charge in [0.15, 0.2) is 0 Å². The van der Waals surface area contributed by atoms with Crippen LogP contribution >= 0.6 is 0 Å². The van der Waals surface area contributed by atoms with Crippen molar-refractivity contribution in [1.82, 2.24) is 0 Å². The lowest BCUT2D eigenvalue weighted by atomic mass is 9.63. The van der Waals surface area contributed by atoms with Crippen LogP contribution in [-0.4, -0.2) is 5.78 Å². The van der Waals surface area contributed by atoms with Crippen LogP contribution in [0.4, 0.5) is 0 Å². The summed E-state index contributed by atoms with van der Waals surface area (Å²) in [5.74, 6) is 0.666. The summed E-state index contributed by atoms with van der Waals surface area (Å²) in [6, 6.07) is 0. The van der Waals surface area contributed by atoms with Gasteiger partial charge in [-0.15, -0.1) is 0 Å². The van der Waals surface area contributed by atoms with E-state index in [9.17, 15) is 4.79 Å². The minimum absolute atomic E-state index is 0.156. The second kappa shape index (κ2) is 5.16. The summed E-state index contributed by atoms with van der Waals surface area (Å²) >= 11 is 0. The van der Waals surface area contributed by atoms with Crippen LogP contribution in [0.1, 0.15) is 61.3 Å². The van der Waals surface area contributed by atoms with Crippen molar-refractivity contribution in [3.63, 3.8) is 0 Å². The Balaban J connectivity index is 4.94. The third-order valence-electron chi connectivity index (χ3n) is 2.96. The van der Waals surface area contributed by atoms with E-state index >= 15 is 0 Å². The summed E-state index contributed by atoms with van der Waals surface area (Å²) in [6.45, 7) is 19.4. The Kier molecular flexibility index (Phi) is 4.97. The van der Waals surface area contributed by atoms with E-state index in [1.165, 1.54) is 0 Å². The minimum atomic E-state index is 0.156. The van der Waals surface area contributed by atoms with Gasteiger partial charge in [-0.1, -0.05) is 60.6 Å². The Morgan fingerprint density at radius 2 is 1.44 bits per heavy atom. The number of ketones is 1. The van der Waals surface area contributed by atoms with E-state index in [2.05, 4.69) is 48.1 Å². The smallest absolute Gasteiger partial charge is 0.136 e. The molecule has 0 unspecified atom stereocenters. The van der Waals surface area contributed by atoms with Gasteiger partial charge in [-0.2, -0.15) is 0 Å². The van der Waals surface area contributed by atoms with Gasteiger partial charge in [-0.05, 0) is 16.7 Å². The van der Waals surface area contributed by atoms with Gasteiger partial charge in [0.2, 0.25) is 0 Å². The molecule has 0 rings (SSSR count). The van der Waals surface area contributed by atoms with Crippen LogP contribution in [0.3, 0.4) is 0 Å². The van der Waals surface area contributed by atoms with Gasteiger partial charge >= 0.3 is 0 Å². The third-order valence-corrected chi connectivity index (χ3v) is 2.96. The highest BCUT2D eigenvalue weighted by atomic mass is 16.1. The van der Waals surface area contributed by atoms with Gasteiger partial charge in [-0.25, -0.2) is 0 Å². The highest BCUT2D eigenvalue weighted by Gasteiger charge is 2.36. The molecule has 1 heteroatoms. The highest BCUT2D eigenvalue weighted by molar-refractivity contribution is 5.80. The first-order chi connectivity index (χ1) is 7.00. The maximum Gasteiger partial charge on any atom is 0.136 e. The molecule has 0 aliphatic heterocycles. The van der Waals surface area contributed by atoms with Gasteiger partial charge in [0.05, 0.1) is 0 Å². The molecule has 16 heavy (non-hydrogen) atoms. The number of carbonyl (C=O) groups excluding carboxylic acids is 1. The molecule has 0 aromatic heterocycles. The maximum absolute atomic E-state index is 11.5. The van der Waals surface area contributed by atoms with Crippen LogP contribution < -0.4 is 0 Å². The first kappa shape index (κ1) is 15.4. The topological polar surface area (TPSA) is 17.1 Å². The quantitative estimate of drug-likeness (QED) is 0.637. The fourth-order valence-corrected chi connectivity index (χ4v) is 3.00. The zero-order valence-electron chi connectivity index (χ0n) is 12.1. The van der Waals surface area contributed by atoms with Crippen LogP contribution in [0.15, 0.2) is 12.2 Å². The molecule has 0 aliphatic carbocycles. The van der Waals surface area contributed by atoms with E-state index in [-0.39, 0.29) is 10.8 Å².